The van der Waals surface area contributed by atoms with Crippen molar-refractivity contribution >= 4 is 0 Å². The van der Waals surface area contributed by atoms with Crippen molar-refractivity contribution in [2.75, 3.05) is 0 Å². The number of benzene rings is 2. The number of nitrogens with one attached hydrogen (secondary N) is 1. The van der Waals surface area contributed by atoms with E-state index in [0.717, 1.165) is 24.2 Å². The second-order valence-corrected chi connectivity index (χ2v) is 4.85. The van der Waals surface area contributed by atoms with E-state index in [1.165, 1.54) is 22.3 Å². The van der Waals surface area contributed by atoms with Crippen LogP contribution in [0.2, 0.25) is 0 Å². The standard InChI is InChI=1S/C16H13N3/c1-3-7-13-11(5-1)9-10-12-6-2-4-8-14(12)16-15(13)17-19-18-16/h1-8H,9-10H2,(H,17,18,19). The van der Waals surface area contributed by atoms with Crippen LogP contribution >= 0.6 is 0 Å². The van der Waals surface area contributed by atoms with E-state index in [2.05, 4.69) is 63.9 Å². The summed E-state index contributed by atoms with van der Waals surface area (Å²) in [7, 11) is 0. The van der Waals surface area contributed by atoms with Gasteiger partial charge in [0, 0.05) is 11.1 Å². The minimum absolute atomic E-state index is 0.961. The molecular formula is C16H13N3. The van der Waals surface area contributed by atoms with Crippen LogP contribution in [0.25, 0.3) is 22.5 Å². The summed E-state index contributed by atoms with van der Waals surface area (Å²) < 4.78 is 0. The number of rotatable bonds is 0. The second-order valence-electron chi connectivity index (χ2n) is 4.85. The summed E-state index contributed by atoms with van der Waals surface area (Å²) in [5, 5.41) is 11.4. The molecule has 0 bridgehead atoms. The van der Waals surface area contributed by atoms with Gasteiger partial charge in [-0.3, -0.25) is 5.10 Å². The van der Waals surface area contributed by atoms with E-state index in [1.807, 2.05) is 0 Å². The van der Waals surface area contributed by atoms with Crippen LogP contribution in [-0.2, 0) is 12.8 Å². The molecule has 19 heavy (non-hydrogen) atoms. The smallest absolute Gasteiger partial charge is 0.121 e. The van der Waals surface area contributed by atoms with Gasteiger partial charge in [0.25, 0.3) is 0 Å². The molecule has 1 N–H and O–H groups in total. The number of hydrogen-bond donors (Lipinski definition) is 1. The van der Waals surface area contributed by atoms with E-state index in [9.17, 15) is 0 Å². The molecule has 3 heteroatoms. The molecule has 0 spiro atoms. The Labute approximate surface area is 111 Å². The molecule has 3 nitrogen and oxygen atoms in total. The van der Waals surface area contributed by atoms with Gasteiger partial charge in [0.15, 0.2) is 0 Å². The Morgan fingerprint density at radius 2 is 1.42 bits per heavy atom. The molecule has 92 valence electrons. The van der Waals surface area contributed by atoms with E-state index in [-0.39, 0.29) is 0 Å². The summed E-state index contributed by atoms with van der Waals surface area (Å²) >= 11 is 0. The lowest BCUT2D eigenvalue weighted by Gasteiger charge is -2.15. The van der Waals surface area contributed by atoms with Gasteiger partial charge in [0.2, 0.25) is 0 Å². The van der Waals surface area contributed by atoms with Crippen LogP contribution in [0.3, 0.4) is 0 Å². The average molecular weight is 247 g/mol. The summed E-state index contributed by atoms with van der Waals surface area (Å²) in [6.45, 7) is 0. The Morgan fingerprint density at radius 1 is 0.789 bits per heavy atom. The summed E-state index contributed by atoms with van der Waals surface area (Å²) in [5.41, 5.74) is 7.10. The van der Waals surface area contributed by atoms with Crippen LogP contribution in [0, 0.1) is 0 Å². The first kappa shape index (κ1) is 10.5. The lowest BCUT2D eigenvalue weighted by atomic mass is 9.89. The number of hydrogen-bond acceptors (Lipinski definition) is 2. The predicted octanol–water partition coefficient (Wildman–Crippen LogP) is 3.24. The Morgan fingerprint density at radius 3 is 2.21 bits per heavy atom. The first-order valence-electron chi connectivity index (χ1n) is 6.51. The lowest BCUT2D eigenvalue weighted by molar-refractivity contribution is 0.944. The predicted molar refractivity (Wildman–Crippen MR) is 74.7 cm³/mol. The van der Waals surface area contributed by atoms with Gasteiger partial charge < -0.3 is 0 Å². The van der Waals surface area contributed by atoms with E-state index >= 15 is 0 Å². The molecule has 1 aromatic heterocycles. The molecule has 1 heterocycles. The van der Waals surface area contributed by atoms with Gasteiger partial charge in [0.05, 0.1) is 5.69 Å². The van der Waals surface area contributed by atoms with Gasteiger partial charge in [0.1, 0.15) is 5.69 Å². The third kappa shape index (κ3) is 1.58. The van der Waals surface area contributed by atoms with Crippen molar-refractivity contribution in [3.8, 4) is 22.5 Å². The van der Waals surface area contributed by atoms with Crippen LogP contribution in [0.1, 0.15) is 11.1 Å². The quantitative estimate of drug-likeness (QED) is 0.662. The number of fused-ring (bicyclic) bond motifs is 5. The van der Waals surface area contributed by atoms with Crippen LogP contribution in [0.15, 0.2) is 48.5 Å². The number of H-pyrrole nitrogens is 1. The van der Waals surface area contributed by atoms with Crippen molar-refractivity contribution in [1.82, 2.24) is 15.4 Å². The number of aromatic amines is 1. The van der Waals surface area contributed by atoms with Crippen molar-refractivity contribution in [1.29, 1.82) is 0 Å². The molecule has 4 rings (SSSR count). The van der Waals surface area contributed by atoms with Gasteiger partial charge in [-0.1, -0.05) is 53.7 Å². The zero-order chi connectivity index (χ0) is 12.7. The van der Waals surface area contributed by atoms with Crippen molar-refractivity contribution in [3.63, 3.8) is 0 Å². The fraction of sp³-hybridized carbons (Fsp3) is 0.125. The Hall–Kier alpha value is -2.42. The lowest BCUT2D eigenvalue weighted by Crippen LogP contribution is -2.01. The molecule has 2 aromatic carbocycles. The molecule has 0 saturated heterocycles. The molecule has 0 unspecified atom stereocenters. The fourth-order valence-corrected chi connectivity index (χ4v) is 2.83. The maximum absolute atomic E-state index is 4.29. The van der Waals surface area contributed by atoms with Gasteiger partial charge in [-0.05, 0) is 24.0 Å². The summed E-state index contributed by atoms with van der Waals surface area (Å²) in [4.78, 5) is 0. The van der Waals surface area contributed by atoms with Gasteiger partial charge in [-0.2, -0.15) is 0 Å². The second kappa shape index (κ2) is 4.05. The number of aryl methyl sites for hydroxylation is 2. The highest BCUT2D eigenvalue weighted by molar-refractivity contribution is 5.81. The number of nitrogens with zero attached hydrogens (tertiary/aromatic N) is 2. The third-order valence-electron chi connectivity index (χ3n) is 3.77. The SMILES string of the molecule is c1ccc2c(c1)CCc1ccccc1-c1[nH]nnc1-2. The molecule has 1 aliphatic carbocycles. The van der Waals surface area contributed by atoms with E-state index < -0.39 is 0 Å². The first-order valence-corrected chi connectivity index (χ1v) is 6.51. The highest BCUT2D eigenvalue weighted by atomic mass is 15.3. The molecule has 0 atom stereocenters. The van der Waals surface area contributed by atoms with Gasteiger partial charge in [-0.15, -0.1) is 5.10 Å². The van der Waals surface area contributed by atoms with Crippen molar-refractivity contribution in [2.45, 2.75) is 12.8 Å². The van der Waals surface area contributed by atoms with Crippen LogP contribution < -0.4 is 0 Å². The molecule has 0 amide bonds. The molecule has 0 aliphatic heterocycles. The topological polar surface area (TPSA) is 41.6 Å². The Balaban J connectivity index is 2.05. The van der Waals surface area contributed by atoms with E-state index in [1.54, 1.807) is 0 Å². The van der Waals surface area contributed by atoms with Crippen LogP contribution in [0.4, 0.5) is 0 Å². The van der Waals surface area contributed by atoms with Crippen molar-refractivity contribution in [3.05, 3.63) is 59.7 Å². The third-order valence-corrected chi connectivity index (χ3v) is 3.77. The zero-order valence-electron chi connectivity index (χ0n) is 10.4. The maximum atomic E-state index is 4.29. The number of aromatic nitrogens is 3. The van der Waals surface area contributed by atoms with Crippen molar-refractivity contribution in [2.24, 2.45) is 0 Å². The normalized spacial score (nSPS) is 12.8. The van der Waals surface area contributed by atoms with E-state index in [4.69, 9.17) is 0 Å². The molecule has 3 aromatic rings. The fourth-order valence-electron chi connectivity index (χ4n) is 2.83. The van der Waals surface area contributed by atoms with E-state index in [0.29, 0.717) is 0 Å². The molecule has 0 radical (unpaired) electrons. The van der Waals surface area contributed by atoms with Crippen molar-refractivity contribution < 1.29 is 0 Å². The summed E-state index contributed by atoms with van der Waals surface area (Å²) in [6, 6.07) is 17.0. The molecule has 0 fully saturated rings. The monoisotopic (exact) mass is 247 g/mol. The summed E-state index contributed by atoms with van der Waals surface area (Å²) in [6.07, 6.45) is 2.09. The first-order chi connectivity index (χ1) is 9.43. The minimum atomic E-state index is 0.961. The zero-order valence-corrected chi connectivity index (χ0v) is 10.4. The Kier molecular flexibility index (Phi) is 2.24. The molecule has 1 aliphatic rings. The van der Waals surface area contributed by atoms with Crippen LogP contribution in [-0.4, -0.2) is 15.4 Å². The highest BCUT2D eigenvalue weighted by Crippen LogP contribution is 2.35. The summed E-state index contributed by atoms with van der Waals surface area (Å²) in [5.74, 6) is 0. The minimum Gasteiger partial charge on any atom is -0.257 e. The van der Waals surface area contributed by atoms with Gasteiger partial charge >= 0.3 is 0 Å². The molecule has 0 saturated carbocycles. The Bertz CT molecular complexity index is 681. The van der Waals surface area contributed by atoms with Gasteiger partial charge in [-0.25, -0.2) is 0 Å². The highest BCUT2D eigenvalue weighted by Gasteiger charge is 2.19. The maximum Gasteiger partial charge on any atom is 0.121 e. The average Bonchev–Trinajstić information content (AvgIpc) is 2.92. The van der Waals surface area contributed by atoms with Crippen LogP contribution in [0.5, 0.6) is 0 Å². The largest absolute Gasteiger partial charge is 0.257 e. The molecular weight excluding hydrogens is 234 g/mol.